The van der Waals surface area contributed by atoms with E-state index in [9.17, 15) is 4.79 Å². The molecule has 88 valence electrons. The lowest BCUT2D eigenvalue weighted by Crippen LogP contribution is -2.12. The van der Waals surface area contributed by atoms with Crippen molar-refractivity contribution in [3.63, 3.8) is 0 Å². The van der Waals surface area contributed by atoms with Crippen LogP contribution in [0.1, 0.15) is 16.4 Å². The van der Waals surface area contributed by atoms with Gasteiger partial charge in [0.2, 0.25) is 0 Å². The van der Waals surface area contributed by atoms with Crippen LogP contribution in [0, 0.1) is 6.92 Å². The van der Waals surface area contributed by atoms with Crippen molar-refractivity contribution >= 4 is 28.9 Å². The topological polar surface area (TPSA) is 81.2 Å². The number of nitrogens with one attached hydrogen (secondary N) is 1. The van der Waals surface area contributed by atoms with Crippen LogP contribution in [-0.4, -0.2) is 10.9 Å². The Labute approximate surface area is 103 Å². The van der Waals surface area contributed by atoms with E-state index < -0.39 is 5.91 Å². The van der Waals surface area contributed by atoms with Gasteiger partial charge in [-0.2, -0.15) is 0 Å². The monoisotopic (exact) mass is 251 g/mol. The first kappa shape index (κ1) is 11.5. The fraction of sp³-hybridized carbons (Fsp3) is 0.0909. The molecule has 5 nitrogen and oxygen atoms in total. The number of aryl methyl sites for hydroxylation is 1. The molecule has 0 fully saturated rings. The van der Waals surface area contributed by atoms with Crippen LogP contribution in [0.5, 0.6) is 0 Å². The minimum Gasteiger partial charge on any atom is -0.438 e. The van der Waals surface area contributed by atoms with Gasteiger partial charge in [-0.25, -0.2) is 4.98 Å². The molecular weight excluding hydrogens is 242 g/mol. The van der Waals surface area contributed by atoms with Gasteiger partial charge in [0.1, 0.15) is 5.76 Å². The van der Waals surface area contributed by atoms with Crippen molar-refractivity contribution in [2.45, 2.75) is 6.92 Å². The highest BCUT2D eigenvalue weighted by Crippen LogP contribution is 2.22. The highest BCUT2D eigenvalue weighted by Gasteiger charge is 2.12. The van der Waals surface area contributed by atoms with Crippen molar-refractivity contribution in [1.29, 1.82) is 0 Å². The quantitative estimate of drug-likeness (QED) is 0.804. The lowest BCUT2D eigenvalue weighted by molar-refractivity contribution is 0.0989. The fourth-order valence-electron chi connectivity index (χ4n) is 1.25. The van der Waals surface area contributed by atoms with Crippen LogP contribution >= 0.6 is 11.6 Å². The van der Waals surface area contributed by atoms with Gasteiger partial charge in [-0.3, -0.25) is 4.79 Å². The number of oxazole rings is 1. The van der Waals surface area contributed by atoms with E-state index >= 15 is 0 Å². The van der Waals surface area contributed by atoms with Crippen molar-refractivity contribution in [3.05, 3.63) is 41.1 Å². The van der Waals surface area contributed by atoms with Crippen LogP contribution < -0.4 is 11.1 Å². The van der Waals surface area contributed by atoms with Crippen LogP contribution in [0.4, 0.5) is 11.4 Å². The summed E-state index contributed by atoms with van der Waals surface area (Å²) in [6.45, 7) is 1.71. The van der Waals surface area contributed by atoms with Crippen LogP contribution in [0.3, 0.4) is 0 Å². The molecular formula is C11H10ClN3O2. The molecule has 0 unspecified atom stereocenters. The van der Waals surface area contributed by atoms with E-state index in [0.29, 0.717) is 22.2 Å². The molecule has 0 saturated heterocycles. The Balaban J connectivity index is 2.15. The van der Waals surface area contributed by atoms with Gasteiger partial charge in [-0.05, 0) is 25.1 Å². The van der Waals surface area contributed by atoms with E-state index in [1.165, 1.54) is 6.20 Å². The van der Waals surface area contributed by atoms with Gasteiger partial charge in [0, 0.05) is 5.69 Å². The van der Waals surface area contributed by atoms with E-state index in [1.807, 2.05) is 0 Å². The maximum absolute atomic E-state index is 11.7. The van der Waals surface area contributed by atoms with Gasteiger partial charge in [-0.15, -0.1) is 0 Å². The number of anilines is 2. The lowest BCUT2D eigenvalue weighted by atomic mass is 10.3. The van der Waals surface area contributed by atoms with E-state index in [4.69, 9.17) is 21.8 Å². The maximum Gasteiger partial charge on any atom is 0.311 e. The average molecular weight is 252 g/mol. The van der Waals surface area contributed by atoms with Gasteiger partial charge in [0.15, 0.2) is 0 Å². The van der Waals surface area contributed by atoms with Crippen molar-refractivity contribution in [3.8, 4) is 0 Å². The van der Waals surface area contributed by atoms with Crippen molar-refractivity contribution < 1.29 is 9.21 Å². The molecule has 0 aliphatic carbocycles. The molecule has 1 aromatic carbocycles. The first-order chi connectivity index (χ1) is 8.06. The molecule has 0 spiro atoms. The summed E-state index contributed by atoms with van der Waals surface area (Å²) < 4.78 is 5.09. The van der Waals surface area contributed by atoms with Crippen LogP contribution in [-0.2, 0) is 0 Å². The zero-order valence-electron chi connectivity index (χ0n) is 9.03. The Morgan fingerprint density at radius 3 is 2.88 bits per heavy atom. The number of hydrogen-bond acceptors (Lipinski definition) is 4. The predicted octanol–water partition coefficient (Wildman–Crippen LogP) is 2.47. The SMILES string of the molecule is Cc1cnc(C(=O)Nc2ccc(N)c(Cl)c2)o1. The zero-order chi connectivity index (χ0) is 12.4. The molecule has 3 N–H and O–H groups in total. The number of amides is 1. The van der Waals surface area contributed by atoms with Gasteiger partial charge >= 0.3 is 5.91 Å². The molecule has 0 aliphatic rings. The molecule has 0 atom stereocenters. The van der Waals surface area contributed by atoms with Gasteiger partial charge in [0.25, 0.3) is 5.89 Å². The summed E-state index contributed by atoms with van der Waals surface area (Å²) in [4.78, 5) is 15.5. The van der Waals surface area contributed by atoms with Crippen molar-refractivity contribution in [2.24, 2.45) is 0 Å². The molecule has 2 rings (SSSR count). The average Bonchev–Trinajstić information content (AvgIpc) is 2.70. The minimum atomic E-state index is -0.432. The Kier molecular flexibility index (Phi) is 3.01. The third kappa shape index (κ3) is 2.57. The zero-order valence-corrected chi connectivity index (χ0v) is 9.78. The molecule has 0 aliphatic heterocycles. The summed E-state index contributed by atoms with van der Waals surface area (Å²) in [5, 5.41) is 2.99. The first-order valence-electron chi connectivity index (χ1n) is 4.85. The molecule has 0 saturated carbocycles. The second-order valence-electron chi connectivity index (χ2n) is 3.47. The number of hydrogen-bond donors (Lipinski definition) is 2. The van der Waals surface area contributed by atoms with Crippen LogP contribution in [0.15, 0.2) is 28.8 Å². The molecule has 17 heavy (non-hydrogen) atoms. The highest BCUT2D eigenvalue weighted by molar-refractivity contribution is 6.33. The normalized spacial score (nSPS) is 10.2. The van der Waals surface area contributed by atoms with Crippen molar-refractivity contribution in [2.75, 3.05) is 11.1 Å². The predicted molar refractivity (Wildman–Crippen MR) is 65.1 cm³/mol. The van der Waals surface area contributed by atoms with Gasteiger partial charge in [-0.1, -0.05) is 11.6 Å². The molecule has 6 heteroatoms. The van der Waals surface area contributed by atoms with Crippen LogP contribution in [0.2, 0.25) is 5.02 Å². The summed E-state index contributed by atoms with van der Waals surface area (Å²) in [7, 11) is 0. The third-order valence-electron chi connectivity index (χ3n) is 2.07. The summed E-state index contributed by atoms with van der Waals surface area (Å²) in [6.07, 6.45) is 1.48. The molecule has 1 aromatic heterocycles. The second-order valence-corrected chi connectivity index (χ2v) is 3.87. The van der Waals surface area contributed by atoms with Crippen LogP contribution in [0.25, 0.3) is 0 Å². The van der Waals surface area contributed by atoms with E-state index in [-0.39, 0.29) is 5.89 Å². The Morgan fingerprint density at radius 2 is 2.29 bits per heavy atom. The summed E-state index contributed by atoms with van der Waals surface area (Å²) in [5.41, 5.74) is 6.55. The minimum absolute atomic E-state index is 0.00967. The Bertz CT molecular complexity index is 566. The number of nitrogens with zero attached hydrogens (tertiary/aromatic N) is 1. The second kappa shape index (κ2) is 4.47. The lowest BCUT2D eigenvalue weighted by Gasteiger charge is -2.04. The van der Waals surface area contributed by atoms with E-state index in [0.717, 1.165) is 0 Å². The molecule has 1 amide bonds. The number of carbonyl (C=O) groups is 1. The van der Waals surface area contributed by atoms with Crippen molar-refractivity contribution in [1.82, 2.24) is 4.98 Å². The highest BCUT2D eigenvalue weighted by atomic mass is 35.5. The number of benzene rings is 1. The Morgan fingerprint density at radius 1 is 1.53 bits per heavy atom. The largest absolute Gasteiger partial charge is 0.438 e. The standard InChI is InChI=1S/C11H10ClN3O2/c1-6-5-14-11(17-6)10(16)15-7-2-3-9(13)8(12)4-7/h2-5H,13H2,1H3,(H,15,16). The smallest absolute Gasteiger partial charge is 0.311 e. The van der Waals surface area contributed by atoms with Gasteiger partial charge in [0.05, 0.1) is 16.9 Å². The molecule has 1 heterocycles. The number of nitrogens with two attached hydrogens (primary N) is 1. The summed E-state index contributed by atoms with van der Waals surface area (Å²) >= 11 is 5.83. The number of halogens is 1. The third-order valence-corrected chi connectivity index (χ3v) is 2.40. The van der Waals surface area contributed by atoms with E-state index in [2.05, 4.69) is 10.3 Å². The number of rotatable bonds is 2. The summed E-state index contributed by atoms with van der Waals surface area (Å²) in [5.74, 6) is 0.153. The maximum atomic E-state index is 11.7. The summed E-state index contributed by atoms with van der Waals surface area (Å²) in [6, 6.07) is 4.82. The number of nitrogen functional groups attached to an aromatic ring is 1. The molecule has 2 aromatic rings. The number of carbonyl (C=O) groups excluding carboxylic acids is 1. The van der Waals surface area contributed by atoms with Gasteiger partial charge < -0.3 is 15.5 Å². The first-order valence-corrected chi connectivity index (χ1v) is 5.23. The Hall–Kier alpha value is -2.01. The van der Waals surface area contributed by atoms with E-state index in [1.54, 1.807) is 25.1 Å². The number of aromatic nitrogens is 1. The molecule has 0 radical (unpaired) electrons. The molecule has 0 bridgehead atoms. The fourth-order valence-corrected chi connectivity index (χ4v) is 1.43.